The lowest BCUT2D eigenvalue weighted by Crippen LogP contribution is -2.31. The first-order valence-corrected chi connectivity index (χ1v) is 15.5. The Morgan fingerprint density at radius 2 is 1.23 bits per heavy atom. The van der Waals surface area contributed by atoms with Gasteiger partial charge in [-0.05, 0) is 56.1 Å². The summed E-state index contributed by atoms with van der Waals surface area (Å²) in [6.45, 7) is 26.5. The van der Waals surface area contributed by atoms with Gasteiger partial charge in [-0.2, -0.15) is 0 Å². The summed E-state index contributed by atoms with van der Waals surface area (Å²) in [5.41, 5.74) is 0.182. The molecule has 252 valence electrons. The summed E-state index contributed by atoms with van der Waals surface area (Å²) in [5, 5.41) is 2.59. The van der Waals surface area contributed by atoms with Crippen molar-refractivity contribution in [1.82, 2.24) is 5.32 Å². The monoisotopic (exact) mass is 619 g/mol. The minimum atomic E-state index is -0.522. The summed E-state index contributed by atoms with van der Waals surface area (Å²) in [7, 11) is 0. The molecule has 0 aromatic carbocycles. The molecule has 0 atom stereocenters. The molecule has 0 spiro atoms. The van der Waals surface area contributed by atoms with Crippen molar-refractivity contribution in [3.63, 3.8) is 0 Å². The maximum Gasteiger partial charge on any atom is 0.221 e. The summed E-state index contributed by atoms with van der Waals surface area (Å²) in [4.78, 5) is 79.3. The van der Waals surface area contributed by atoms with E-state index in [1.165, 1.54) is 12.2 Å². The molecule has 0 unspecified atom stereocenters. The molecule has 0 aromatic heterocycles. The van der Waals surface area contributed by atoms with Crippen LogP contribution < -0.4 is 5.32 Å². The van der Waals surface area contributed by atoms with E-state index in [0.717, 1.165) is 5.57 Å². The van der Waals surface area contributed by atoms with E-state index in [0.29, 0.717) is 32.1 Å². The molecule has 0 radical (unpaired) electrons. The van der Waals surface area contributed by atoms with Crippen LogP contribution in [0.2, 0.25) is 0 Å². The predicted molar refractivity (Wildman–Crippen MR) is 178 cm³/mol. The van der Waals surface area contributed by atoms with Crippen LogP contribution in [0.15, 0.2) is 23.8 Å². The van der Waals surface area contributed by atoms with Gasteiger partial charge in [-0.1, -0.05) is 87.8 Å². The summed E-state index contributed by atoms with van der Waals surface area (Å²) in [5.74, 6) is -1.01. The van der Waals surface area contributed by atoms with Crippen LogP contribution in [-0.4, -0.2) is 47.2 Å². The van der Waals surface area contributed by atoms with Crippen molar-refractivity contribution in [3.05, 3.63) is 23.8 Å². The molecular weight excluding hydrogens is 558 g/mol. The van der Waals surface area contributed by atoms with Gasteiger partial charge < -0.3 is 5.32 Å². The Hall–Kier alpha value is -3.03. The van der Waals surface area contributed by atoms with Gasteiger partial charge >= 0.3 is 0 Å². The van der Waals surface area contributed by atoms with E-state index in [9.17, 15) is 33.6 Å². The van der Waals surface area contributed by atoms with Gasteiger partial charge in [-0.15, -0.1) is 0 Å². The van der Waals surface area contributed by atoms with Gasteiger partial charge in [0.2, 0.25) is 23.3 Å². The number of amides is 1. The average Bonchev–Trinajstić information content (AvgIpc) is 2.79. The third-order valence-corrected chi connectivity index (χ3v) is 5.30. The molecule has 0 aliphatic carbocycles. The number of ketones is 6. The first-order chi connectivity index (χ1) is 19.7. The number of carbonyl (C=O) groups excluding carboxylic acids is 7. The highest BCUT2D eigenvalue weighted by Gasteiger charge is 2.28. The van der Waals surface area contributed by atoms with Crippen molar-refractivity contribution in [1.29, 1.82) is 0 Å². The van der Waals surface area contributed by atoms with Gasteiger partial charge in [-0.3, -0.25) is 33.6 Å². The molecule has 0 saturated carbocycles. The summed E-state index contributed by atoms with van der Waals surface area (Å²) in [6.07, 6.45) is 6.90. The van der Waals surface area contributed by atoms with E-state index < -0.39 is 5.41 Å². The molecule has 0 aromatic rings. The third-order valence-electron chi connectivity index (χ3n) is 5.30. The van der Waals surface area contributed by atoms with Crippen molar-refractivity contribution in [2.24, 2.45) is 22.2 Å². The normalized spacial score (nSPS) is 11.4. The minimum absolute atomic E-state index is 0.0270. The highest BCUT2D eigenvalue weighted by molar-refractivity contribution is 6.41. The fraction of sp³-hybridized carbons (Fsp3) is 0.694. The molecule has 0 fully saturated rings. The van der Waals surface area contributed by atoms with Gasteiger partial charge in [0, 0.05) is 37.5 Å². The molecule has 0 aliphatic rings. The SMILES string of the molecule is C/C=C/C(=O)CCCC(=O)NCC(=O)CC(C)(C)C.CC(C)=CC(=O)C(=O)CC(C)(C)C.CC(C)CC(=O)C(=O)C(C)(C)C. The van der Waals surface area contributed by atoms with Crippen molar-refractivity contribution >= 4 is 40.6 Å². The van der Waals surface area contributed by atoms with Gasteiger partial charge in [0.1, 0.15) is 0 Å². The van der Waals surface area contributed by atoms with E-state index in [4.69, 9.17) is 0 Å². The van der Waals surface area contributed by atoms with E-state index in [2.05, 4.69) is 5.32 Å². The van der Waals surface area contributed by atoms with Crippen LogP contribution in [-0.2, 0) is 33.6 Å². The lowest BCUT2D eigenvalue weighted by atomic mass is 9.86. The van der Waals surface area contributed by atoms with Crippen LogP contribution >= 0.6 is 0 Å². The lowest BCUT2D eigenvalue weighted by molar-refractivity contribution is -0.141. The topological polar surface area (TPSA) is 132 Å². The van der Waals surface area contributed by atoms with E-state index in [-0.39, 0.29) is 70.3 Å². The maximum absolute atomic E-state index is 11.6. The molecule has 0 aliphatic heterocycles. The van der Waals surface area contributed by atoms with E-state index in [1.807, 2.05) is 69.2 Å². The molecule has 8 nitrogen and oxygen atoms in total. The van der Waals surface area contributed by atoms with Crippen molar-refractivity contribution in [2.45, 2.75) is 135 Å². The second kappa shape index (κ2) is 21.6. The second-order valence-corrected chi connectivity index (χ2v) is 15.2. The predicted octanol–water partition coefficient (Wildman–Crippen LogP) is 7.17. The first kappa shape index (κ1) is 45.4. The number of carbonyl (C=O) groups is 7. The second-order valence-electron chi connectivity index (χ2n) is 15.2. The molecular formula is C36H61NO7. The molecule has 0 saturated heterocycles. The lowest BCUT2D eigenvalue weighted by Gasteiger charge is -2.16. The maximum atomic E-state index is 11.6. The molecule has 8 heteroatoms. The van der Waals surface area contributed by atoms with Crippen molar-refractivity contribution < 1.29 is 33.6 Å². The van der Waals surface area contributed by atoms with Gasteiger partial charge in [0.15, 0.2) is 17.3 Å². The minimum Gasteiger partial charge on any atom is -0.349 e. The number of rotatable bonds is 14. The van der Waals surface area contributed by atoms with Crippen molar-refractivity contribution in [2.75, 3.05) is 6.54 Å². The Morgan fingerprint density at radius 3 is 1.61 bits per heavy atom. The number of Topliss-reactive ketones (excluding diaryl/α,β-unsaturated/α-hetero) is 4. The highest BCUT2D eigenvalue weighted by Crippen LogP contribution is 2.20. The number of nitrogens with one attached hydrogen (secondary N) is 1. The van der Waals surface area contributed by atoms with Crippen LogP contribution in [0.3, 0.4) is 0 Å². The van der Waals surface area contributed by atoms with Gasteiger partial charge in [0.25, 0.3) is 0 Å². The summed E-state index contributed by atoms with van der Waals surface area (Å²) < 4.78 is 0. The standard InChI is InChI=1S/C15H25NO3.C11H18O2.C10H18O2/c1-5-7-12(17)8-6-9-14(19)16-11-13(18)10-15(2,3)4;1-8(2)6-9(12)10(13)7-11(3,4)5;1-7(2)6-8(11)9(12)10(3,4)5/h5,7H,6,8-11H2,1-4H3,(H,16,19);6H,7H2,1-5H3;7H,6H2,1-5H3/b7-5+;;. The fourth-order valence-corrected chi connectivity index (χ4v) is 3.43. The Bertz CT molecular complexity index is 1040. The summed E-state index contributed by atoms with van der Waals surface area (Å²) >= 11 is 0. The molecule has 44 heavy (non-hydrogen) atoms. The Kier molecular flexibility index (Phi) is 22.3. The zero-order valence-electron chi connectivity index (χ0n) is 30.1. The van der Waals surface area contributed by atoms with Gasteiger partial charge in [-0.25, -0.2) is 0 Å². The van der Waals surface area contributed by atoms with Crippen LogP contribution in [0.1, 0.15) is 135 Å². The third kappa shape index (κ3) is 30.4. The Balaban J connectivity index is -0.000000595. The van der Waals surface area contributed by atoms with E-state index >= 15 is 0 Å². The first-order valence-electron chi connectivity index (χ1n) is 15.5. The highest BCUT2D eigenvalue weighted by atomic mass is 16.2. The van der Waals surface area contributed by atoms with Crippen LogP contribution in [0.5, 0.6) is 0 Å². The molecule has 0 rings (SSSR count). The van der Waals surface area contributed by atoms with Crippen LogP contribution in [0.4, 0.5) is 0 Å². The number of hydrogen-bond donors (Lipinski definition) is 1. The van der Waals surface area contributed by atoms with Crippen LogP contribution in [0, 0.1) is 22.2 Å². The smallest absolute Gasteiger partial charge is 0.221 e. The molecule has 0 heterocycles. The molecule has 1 N–H and O–H groups in total. The molecule has 1 amide bonds. The van der Waals surface area contributed by atoms with E-state index in [1.54, 1.807) is 33.8 Å². The fourth-order valence-electron chi connectivity index (χ4n) is 3.43. The Morgan fingerprint density at radius 1 is 0.727 bits per heavy atom. The quantitative estimate of drug-likeness (QED) is 0.161. The largest absolute Gasteiger partial charge is 0.349 e. The molecule has 0 bridgehead atoms. The average molecular weight is 620 g/mol. The number of hydrogen-bond acceptors (Lipinski definition) is 7. The van der Waals surface area contributed by atoms with Crippen molar-refractivity contribution in [3.8, 4) is 0 Å². The Labute approximate surface area is 267 Å². The number of allylic oxidation sites excluding steroid dienone is 4. The van der Waals surface area contributed by atoms with Gasteiger partial charge in [0.05, 0.1) is 6.54 Å². The zero-order chi connectivity index (χ0) is 35.5. The zero-order valence-corrected chi connectivity index (χ0v) is 30.1. The van der Waals surface area contributed by atoms with Crippen LogP contribution in [0.25, 0.3) is 0 Å². The summed E-state index contributed by atoms with van der Waals surface area (Å²) in [6, 6.07) is 0.